The molecule has 238 valence electrons. The number of rotatable bonds is 7. The van der Waals surface area contributed by atoms with E-state index in [-0.39, 0.29) is 31.3 Å². The minimum Gasteiger partial charge on any atom is -0.444 e. The van der Waals surface area contributed by atoms with Crippen LogP contribution in [0.1, 0.15) is 91.4 Å². The Balaban J connectivity index is 1.54. The summed E-state index contributed by atoms with van der Waals surface area (Å²) in [4.78, 5) is 55.0. The first-order valence-corrected chi connectivity index (χ1v) is 16.7. The van der Waals surface area contributed by atoms with Gasteiger partial charge >= 0.3 is 16.3 Å². The molecule has 2 aliphatic carbocycles. The summed E-state index contributed by atoms with van der Waals surface area (Å²) >= 11 is 0. The zero-order valence-corrected chi connectivity index (χ0v) is 26.1. The standard InChI is InChI=1S/C29H44N6O7S/c1-28(2,3)42-27(39)31-22-12-8-6-4-5-7-11-20-19-29(20,32-24(36)23-13-9-17-34(23)25(22)37)26(38)33-43(40,41)35(18-10-16-30)21-14-15-21/h7,11,20-23H,4-6,8-10,12-15,17-19H2,1-3H3,(H,31,39)(H,32,36)(H,33,38)/b11-7-. The lowest BCUT2D eigenvalue weighted by Gasteiger charge is -2.31. The number of hydrogen-bond donors (Lipinski definition) is 3. The third kappa shape index (κ3) is 8.26. The molecule has 0 aromatic rings. The summed E-state index contributed by atoms with van der Waals surface area (Å²) in [5.41, 5.74) is -2.22. The highest BCUT2D eigenvalue weighted by Gasteiger charge is 2.61. The molecule has 13 nitrogen and oxygen atoms in total. The Bertz CT molecular complexity index is 1270. The maximum absolute atomic E-state index is 13.7. The largest absolute Gasteiger partial charge is 0.444 e. The Morgan fingerprint density at radius 1 is 1.16 bits per heavy atom. The summed E-state index contributed by atoms with van der Waals surface area (Å²) in [5.74, 6) is -2.16. The molecule has 0 aromatic heterocycles. The van der Waals surface area contributed by atoms with Crippen LogP contribution in [0.4, 0.5) is 4.79 Å². The molecular formula is C29H44N6O7S. The Hall–Kier alpha value is -3.18. The highest BCUT2D eigenvalue weighted by atomic mass is 32.2. The molecule has 3 N–H and O–H groups in total. The van der Waals surface area contributed by atoms with Crippen molar-refractivity contribution in [2.24, 2.45) is 5.92 Å². The summed E-state index contributed by atoms with van der Waals surface area (Å²) in [6.07, 6.45) is 8.95. The normalized spacial score (nSPS) is 29.2. The van der Waals surface area contributed by atoms with E-state index in [0.29, 0.717) is 51.5 Å². The minimum absolute atomic E-state index is 0.00579. The van der Waals surface area contributed by atoms with Gasteiger partial charge in [0.2, 0.25) is 11.8 Å². The van der Waals surface area contributed by atoms with Gasteiger partial charge in [-0.1, -0.05) is 25.0 Å². The van der Waals surface area contributed by atoms with Gasteiger partial charge in [-0.25, -0.2) is 9.52 Å². The van der Waals surface area contributed by atoms with Crippen LogP contribution in [0.5, 0.6) is 0 Å². The molecule has 2 aliphatic heterocycles. The van der Waals surface area contributed by atoms with Crippen LogP contribution in [0.15, 0.2) is 12.2 Å². The molecule has 2 heterocycles. The molecule has 0 bridgehead atoms. The van der Waals surface area contributed by atoms with Crippen molar-refractivity contribution in [1.82, 2.24) is 24.6 Å². The van der Waals surface area contributed by atoms with Crippen molar-refractivity contribution >= 4 is 34.0 Å². The number of nitrogens with zero attached hydrogens (tertiary/aromatic N) is 3. The number of allylic oxidation sites excluding steroid dienone is 1. The van der Waals surface area contributed by atoms with Crippen LogP contribution in [0.25, 0.3) is 0 Å². The molecular weight excluding hydrogens is 576 g/mol. The van der Waals surface area contributed by atoms with Crippen molar-refractivity contribution in [3.05, 3.63) is 12.2 Å². The predicted molar refractivity (Wildman–Crippen MR) is 156 cm³/mol. The Labute approximate surface area is 253 Å². The Kier molecular flexibility index (Phi) is 10.1. The monoisotopic (exact) mass is 620 g/mol. The van der Waals surface area contributed by atoms with E-state index in [4.69, 9.17) is 10.00 Å². The van der Waals surface area contributed by atoms with Crippen LogP contribution in [-0.2, 0) is 29.3 Å². The van der Waals surface area contributed by atoms with Crippen molar-refractivity contribution in [2.75, 3.05) is 13.1 Å². The first-order valence-electron chi connectivity index (χ1n) is 15.3. The third-order valence-corrected chi connectivity index (χ3v) is 9.80. The molecule has 0 radical (unpaired) electrons. The summed E-state index contributed by atoms with van der Waals surface area (Å²) < 4.78 is 35.1. The number of nitrogens with one attached hydrogen (secondary N) is 3. The molecule has 4 atom stereocenters. The lowest BCUT2D eigenvalue weighted by atomic mass is 10.0. The molecule has 4 amide bonds. The molecule has 14 heteroatoms. The summed E-state index contributed by atoms with van der Waals surface area (Å²) in [6.45, 7) is 5.49. The second kappa shape index (κ2) is 13.2. The topological polar surface area (TPSA) is 178 Å². The molecule has 4 unspecified atom stereocenters. The predicted octanol–water partition coefficient (Wildman–Crippen LogP) is 2.00. The van der Waals surface area contributed by atoms with E-state index in [1.165, 1.54) is 4.90 Å². The molecule has 0 spiro atoms. The molecule has 4 aliphatic rings. The van der Waals surface area contributed by atoms with Gasteiger partial charge in [-0.15, -0.1) is 0 Å². The van der Waals surface area contributed by atoms with E-state index >= 15 is 0 Å². The average molecular weight is 621 g/mol. The zero-order valence-electron chi connectivity index (χ0n) is 25.3. The smallest absolute Gasteiger partial charge is 0.408 e. The number of nitriles is 1. The highest BCUT2D eigenvalue weighted by Crippen LogP contribution is 2.46. The summed E-state index contributed by atoms with van der Waals surface area (Å²) in [5, 5.41) is 14.5. The van der Waals surface area contributed by atoms with Crippen molar-refractivity contribution in [3.63, 3.8) is 0 Å². The van der Waals surface area contributed by atoms with Gasteiger partial charge in [-0.05, 0) is 72.1 Å². The van der Waals surface area contributed by atoms with Gasteiger partial charge in [0.05, 0.1) is 6.07 Å². The van der Waals surface area contributed by atoms with Crippen LogP contribution < -0.4 is 15.4 Å². The maximum Gasteiger partial charge on any atom is 0.408 e. The van der Waals surface area contributed by atoms with Crippen LogP contribution in [0.3, 0.4) is 0 Å². The van der Waals surface area contributed by atoms with Gasteiger partial charge in [0, 0.05) is 31.5 Å². The number of hydrogen-bond acceptors (Lipinski definition) is 8. The zero-order chi connectivity index (χ0) is 31.4. The van der Waals surface area contributed by atoms with E-state index in [0.717, 1.165) is 17.1 Å². The number of carbonyl (C=O) groups excluding carboxylic acids is 4. The molecule has 2 saturated carbocycles. The van der Waals surface area contributed by atoms with E-state index < -0.39 is 57.3 Å². The fourth-order valence-electron chi connectivity index (χ4n) is 5.83. The molecule has 4 rings (SSSR count). The van der Waals surface area contributed by atoms with Gasteiger partial charge in [0.1, 0.15) is 23.2 Å². The van der Waals surface area contributed by atoms with E-state index in [9.17, 15) is 27.6 Å². The fraction of sp³-hybridized carbons (Fsp3) is 0.759. The van der Waals surface area contributed by atoms with Gasteiger partial charge in [-0.2, -0.15) is 18.0 Å². The lowest BCUT2D eigenvalue weighted by Crippen LogP contribution is -2.59. The quantitative estimate of drug-likeness (QED) is 0.362. The van der Waals surface area contributed by atoms with Crippen LogP contribution >= 0.6 is 0 Å². The second-order valence-electron chi connectivity index (χ2n) is 12.9. The number of alkyl carbamates (subject to hydrolysis) is 1. The van der Waals surface area contributed by atoms with Gasteiger partial charge < -0.3 is 20.3 Å². The van der Waals surface area contributed by atoms with Gasteiger partial charge in [-0.3, -0.25) is 14.4 Å². The third-order valence-electron chi connectivity index (χ3n) is 8.25. The van der Waals surface area contributed by atoms with Crippen molar-refractivity contribution < 1.29 is 32.3 Å². The maximum atomic E-state index is 13.7. The Morgan fingerprint density at radius 2 is 1.91 bits per heavy atom. The van der Waals surface area contributed by atoms with Gasteiger partial charge in [0.15, 0.2) is 0 Å². The van der Waals surface area contributed by atoms with E-state index in [1.807, 2.05) is 18.2 Å². The van der Waals surface area contributed by atoms with Crippen LogP contribution in [0.2, 0.25) is 0 Å². The Morgan fingerprint density at radius 3 is 2.58 bits per heavy atom. The number of carbonyl (C=O) groups is 4. The first-order chi connectivity index (χ1) is 20.3. The van der Waals surface area contributed by atoms with E-state index in [1.54, 1.807) is 20.8 Å². The average Bonchev–Trinajstić information content (AvgIpc) is 3.81. The van der Waals surface area contributed by atoms with E-state index in [2.05, 4.69) is 15.4 Å². The fourth-order valence-corrected chi connectivity index (χ4v) is 7.30. The van der Waals surface area contributed by atoms with Crippen molar-refractivity contribution in [2.45, 2.75) is 121 Å². The lowest BCUT2D eigenvalue weighted by molar-refractivity contribution is -0.141. The first kappa shape index (κ1) is 32.7. The molecule has 0 aromatic carbocycles. The molecule has 3 fully saturated rings. The summed E-state index contributed by atoms with van der Waals surface area (Å²) in [6, 6.07) is -0.0537. The molecule has 43 heavy (non-hydrogen) atoms. The number of fused-ring (bicyclic) bond motifs is 2. The second-order valence-corrected chi connectivity index (χ2v) is 14.5. The summed E-state index contributed by atoms with van der Waals surface area (Å²) in [7, 11) is -4.24. The minimum atomic E-state index is -4.24. The SMILES string of the molecule is CC(C)(C)OC(=O)NC1CCCCC/C=C\C2CC2(C(=O)NS(=O)(=O)N(CCC#N)C2CC2)NC(=O)C2CCCN2C1=O. The van der Waals surface area contributed by atoms with Crippen LogP contribution in [0, 0.1) is 17.2 Å². The number of amides is 4. The highest BCUT2D eigenvalue weighted by molar-refractivity contribution is 7.87. The van der Waals surface area contributed by atoms with Crippen LogP contribution in [-0.4, -0.2) is 83.8 Å². The number of ether oxygens (including phenoxy) is 1. The van der Waals surface area contributed by atoms with Gasteiger partial charge in [0.25, 0.3) is 5.91 Å². The molecule has 1 saturated heterocycles. The van der Waals surface area contributed by atoms with Crippen molar-refractivity contribution in [3.8, 4) is 6.07 Å². The van der Waals surface area contributed by atoms with Crippen molar-refractivity contribution in [1.29, 1.82) is 5.26 Å².